The maximum Gasteiger partial charge on any atom is 0.271 e. The van der Waals surface area contributed by atoms with E-state index < -0.39 is 0 Å². The highest BCUT2D eigenvalue weighted by molar-refractivity contribution is 7.99. The first-order chi connectivity index (χ1) is 10.7. The third kappa shape index (κ3) is 3.56. The summed E-state index contributed by atoms with van der Waals surface area (Å²) < 4.78 is 0. The van der Waals surface area contributed by atoms with E-state index >= 15 is 0 Å². The molecule has 1 aromatic heterocycles. The Morgan fingerprint density at radius 2 is 2.36 bits per heavy atom. The van der Waals surface area contributed by atoms with Crippen LogP contribution in [0.5, 0.6) is 0 Å². The van der Waals surface area contributed by atoms with Gasteiger partial charge in [0.25, 0.3) is 5.91 Å². The maximum atomic E-state index is 12.3. The number of thioether (sulfide) groups is 1. The molecule has 2 atom stereocenters. The zero-order valence-corrected chi connectivity index (χ0v) is 13.0. The summed E-state index contributed by atoms with van der Waals surface area (Å²) in [6.45, 7) is 2.13. The Balaban J connectivity index is 1.45. The maximum absolute atomic E-state index is 12.3. The van der Waals surface area contributed by atoms with Gasteiger partial charge >= 0.3 is 0 Å². The molecule has 2 amide bonds. The molecule has 1 aromatic rings. The van der Waals surface area contributed by atoms with Crippen LogP contribution in [0.1, 0.15) is 16.9 Å². The molecule has 7 nitrogen and oxygen atoms in total. The number of amides is 2. The summed E-state index contributed by atoms with van der Waals surface area (Å²) >= 11 is 1.79. The lowest BCUT2D eigenvalue weighted by atomic mass is 10.0. The molecule has 0 radical (unpaired) electrons. The van der Waals surface area contributed by atoms with Gasteiger partial charge in [0.1, 0.15) is 5.69 Å². The SMILES string of the molecule is O=C(NC[C@@H]1CN[C@H](C(=O)N2CCSC2)C1)c1cnccn1. The van der Waals surface area contributed by atoms with Crippen molar-refractivity contribution in [2.75, 3.05) is 31.3 Å². The minimum Gasteiger partial charge on any atom is -0.350 e. The normalized spacial score (nSPS) is 24.5. The van der Waals surface area contributed by atoms with Gasteiger partial charge in [-0.1, -0.05) is 0 Å². The molecule has 0 saturated carbocycles. The van der Waals surface area contributed by atoms with Gasteiger partial charge in [0.2, 0.25) is 5.91 Å². The molecule has 2 fully saturated rings. The molecular weight excluding hydrogens is 302 g/mol. The predicted molar refractivity (Wildman–Crippen MR) is 83.3 cm³/mol. The molecule has 0 bridgehead atoms. The number of rotatable bonds is 4. The monoisotopic (exact) mass is 321 g/mol. The van der Waals surface area contributed by atoms with E-state index in [2.05, 4.69) is 20.6 Å². The van der Waals surface area contributed by atoms with Crippen LogP contribution in [0.25, 0.3) is 0 Å². The first kappa shape index (κ1) is 15.2. The summed E-state index contributed by atoms with van der Waals surface area (Å²) in [5, 5.41) is 6.13. The highest BCUT2D eigenvalue weighted by Gasteiger charge is 2.33. The van der Waals surface area contributed by atoms with Crippen LogP contribution in [0.15, 0.2) is 18.6 Å². The van der Waals surface area contributed by atoms with Gasteiger partial charge in [0.05, 0.1) is 18.1 Å². The van der Waals surface area contributed by atoms with Crippen molar-refractivity contribution >= 4 is 23.6 Å². The molecule has 2 N–H and O–H groups in total. The topological polar surface area (TPSA) is 87.2 Å². The van der Waals surface area contributed by atoms with Gasteiger partial charge < -0.3 is 15.5 Å². The highest BCUT2D eigenvalue weighted by atomic mass is 32.2. The van der Waals surface area contributed by atoms with E-state index in [4.69, 9.17) is 0 Å². The first-order valence-electron chi connectivity index (χ1n) is 7.38. The third-order valence-electron chi connectivity index (χ3n) is 3.93. The Kier molecular flexibility index (Phi) is 4.89. The molecule has 8 heteroatoms. The second-order valence-corrected chi connectivity index (χ2v) is 6.58. The van der Waals surface area contributed by atoms with Gasteiger partial charge in [-0.05, 0) is 12.3 Å². The van der Waals surface area contributed by atoms with Crippen molar-refractivity contribution in [2.45, 2.75) is 12.5 Å². The summed E-state index contributed by atoms with van der Waals surface area (Å²) in [6.07, 6.45) is 5.24. The van der Waals surface area contributed by atoms with E-state index in [0.717, 1.165) is 31.1 Å². The fraction of sp³-hybridized carbons (Fsp3) is 0.571. The lowest BCUT2D eigenvalue weighted by Gasteiger charge is -2.19. The Morgan fingerprint density at radius 3 is 3.09 bits per heavy atom. The van der Waals surface area contributed by atoms with Gasteiger partial charge in [-0.2, -0.15) is 0 Å². The third-order valence-corrected chi connectivity index (χ3v) is 4.90. The van der Waals surface area contributed by atoms with Crippen molar-refractivity contribution in [1.29, 1.82) is 0 Å². The van der Waals surface area contributed by atoms with Crippen LogP contribution >= 0.6 is 11.8 Å². The summed E-state index contributed by atoms with van der Waals surface area (Å²) in [7, 11) is 0. The second kappa shape index (κ2) is 7.06. The van der Waals surface area contributed by atoms with Crippen LogP contribution < -0.4 is 10.6 Å². The van der Waals surface area contributed by atoms with E-state index in [1.807, 2.05) is 4.90 Å². The highest BCUT2D eigenvalue weighted by Crippen LogP contribution is 2.19. The molecule has 2 saturated heterocycles. The number of hydrogen-bond acceptors (Lipinski definition) is 6. The van der Waals surface area contributed by atoms with Gasteiger partial charge in [-0.25, -0.2) is 4.98 Å². The van der Waals surface area contributed by atoms with Crippen LogP contribution in [0.3, 0.4) is 0 Å². The Labute approximate surface area is 133 Å². The van der Waals surface area contributed by atoms with E-state index in [1.54, 1.807) is 11.8 Å². The number of nitrogens with zero attached hydrogens (tertiary/aromatic N) is 3. The number of nitrogens with one attached hydrogen (secondary N) is 2. The number of carbonyl (C=O) groups excluding carboxylic acids is 2. The molecule has 0 aromatic carbocycles. The van der Waals surface area contributed by atoms with Crippen LogP contribution in [0, 0.1) is 5.92 Å². The van der Waals surface area contributed by atoms with Crippen LogP contribution in [-0.4, -0.2) is 64.0 Å². The molecular formula is C14H19N5O2S. The lowest BCUT2D eigenvalue weighted by molar-refractivity contribution is -0.131. The molecule has 0 spiro atoms. The molecule has 3 rings (SSSR count). The van der Waals surface area contributed by atoms with Crippen LogP contribution in [0.4, 0.5) is 0 Å². The second-order valence-electron chi connectivity index (χ2n) is 5.50. The number of carbonyl (C=O) groups is 2. The van der Waals surface area contributed by atoms with E-state index in [9.17, 15) is 9.59 Å². The minimum absolute atomic E-state index is 0.114. The summed E-state index contributed by atoms with van der Waals surface area (Å²) in [4.78, 5) is 34.0. The standard InChI is InChI=1S/C14H19N5O2S/c20-13(12-8-15-1-2-16-12)18-7-10-5-11(17-6-10)14(21)19-3-4-22-9-19/h1-2,8,10-11,17H,3-7,9H2,(H,18,20)/t10-,11-/m0/s1. The molecule has 0 aliphatic carbocycles. The number of aromatic nitrogens is 2. The molecule has 2 aliphatic heterocycles. The average Bonchev–Trinajstić information content (AvgIpc) is 3.24. The summed E-state index contributed by atoms with van der Waals surface area (Å²) in [5.41, 5.74) is 0.315. The Bertz CT molecular complexity index is 535. The van der Waals surface area contributed by atoms with Crippen molar-refractivity contribution < 1.29 is 9.59 Å². The molecule has 0 unspecified atom stereocenters. The van der Waals surface area contributed by atoms with E-state index in [1.165, 1.54) is 18.6 Å². The molecule has 118 valence electrons. The summed E-state index contributed by atoms with van der Waals surface area (Å²) in [6, 6.07) is -0.114. The van der Waals surface area contributed by atoms with Gasteiger partial charge in [-0.3, -0.25) is 14.6 Å². The largest absolute Gasteiger partial charge is 0.350 e. The quantitative estimate of drug-likeness (QED) is 0.793. The van der Waals surface area contributed by atoms with Gasteiger partial charge in [0, 0.05) is 37.8 Å². The Hall–Kier alpha value is -1.67. The fourth-order valence-electron chi connectivity index (χ4n) is 2.70. The van der Waals surface area contributed by atoms with Crippen molar-refractivity contribution in [3.8, 4) is 0 Å². The van der Waals surface area contributed by atoms with Crippen LogP contribution in [0.2, 0.25) is 0 Å². The molecule has 22 heavy (non-hydrogen) atoms. The van der Waals surface area contributed by atoms with E-state index in [-0.39, 0.29) is 23.8 Å². The van der Waals surface area contributed by atoms with Gasteiger partial charge in [0.15, 0.2) is 0 Å². The van der Waals surface area contributed by atoms with Crippen LogP contribution in [-0.2, 0) is 4.79 Å². The lowest BCUT2D eigenvalue weighted by Crippen LogP contribution is -2.42. The Morgan fingerprint density at radius 1 is 1.45 bits per heavy atom. The molecule has 2 aliphatic rings. The zero-order valence-electron chi connectivity index (χ0n) is 12.2. The fourth-order valence-corrected chi connectivity index (χ4v) is 3.66. The summed E-state index contributed by atoms with van der Waals surface area (Å²) in [5.74, 6) is 2.05. The predicted octanol–water partition coefficient (Wildman–Crippen LogP) is -0.283. The smallest absolute Gasteiger partial charge is 0.271 e. The zero-order chi connectivity index (χ0) is 15.4. The first-order valence-corrected chi connectivity index (χ1v) is 8.53. The molecule has 3 heterocycles. The number of hydrogen-bond donors (Lipinski definition) is 2. The average molecular weight is 321 g/mol. The van der Waals surface area contributed by atoms with Crippen molar-refractivity contribution in [3.05, 3.63) is 24.3 Å². The minimum atomic E-state index is -0.223. The van der Waals surface area contributed by atoms with Crippen molar-refractivity contribution in [1.82, 2.24) is 25.5 Å². The van der Waals surface area contributed by atoms with Crippen molar-refractivity contribution in [3.63, 3.8) is 0 Å². The van der Waals surface area contributed by atoms with Crippen molar-refractivity contribution in [2.24, 2.45) is 5.92 Å². The van der Waals surface area contributed by atoms with Gasteiger partial charge in [-0.15, -0.1) is 11.8 Å². The van der Waals surface area contributed by atoms with E-state index in [0.29, 0.717) is 12.2 Å².